The summed E-state index contributed by atoms with van der Waals surface area (Å²) in [5.41, 5.74) is 8.26. The van der Waals surface area contributed by atoms with E-state index < -0.39 is 0 Å². The van der Waals surface area contributed by atoms with Crippen molar-refractivity contribution < 1.29 is 0 Å². The number of aromatic nitrogens is 1. The fourth-order valence-corrected chi connectivity index (χ4v) is 3.31. The minimum Gasteiger partial charge on any atom is -0.375 e. The second-order valence-corrected chi connectivity index (χ2v) is 5.75. The number of thiazole rings is 1. The highest BCUT2D eigenvalue weighted by molar-refractivity contribution is 7.15. The van der Waals surface area contributed by atoms with Crippen molar-refractivity contribution in [3.8, 4) is 0 Å². The Balaban J connectivity index is 1.96. The fourth-order valence-electron chi connectivity index (χ4n) is 2.35. The molecule has 2 N–H and O–H groups in total. The average molecular weight is 268 g/mol. The number of benzene rings is 2. The Bertz CT molecular complexity index is 716. The molecule has 3 heteroatoms. The maximum atomic E-state index is 5.81. The molecule has 2 nitrogen and oxygen atoms in total. The van der Waals surface area contributed by atoms with E-state index in [1.54, 1.807) is 11.3 Å². The largest absolute Gasteiger partial charge is 0.375 e. The number of nitrogen functional groups attached to an aromatic ring is 1. The number of rotatable bonds is 3. The van der Waals surface area contributed by atoms with Crippen LogP contribution in [0.5, 0.6) is 0 Å². The molecule has 0 spiro atoms. The van der Waals surface area contributed by atoms with Gasteiger partial charge in [-0.3, -0.25) is 0 Å². The highest BCUT2D eigenvalue weighted by atomic mass is 32.1. The monoisotopic (exact) mass is 268 g/mol. The van der Waals surface area contributed by atoms with Crippen molar-refractivity contribution in [3.05, 3.63) is 58.6 Å². The Morgan fingerprint density at radius 2 is 1.89 bits per heavy atom. The predicted molar refractivity (Wildman–Crippen MR) is 82.7 cm³/mol. The Morgan fingerprint density at radius 1 is 1.11 bits per heavy atom. The molecular formula is C16H16N2S. The van der Waals surface area contributed by atoms with Crippen molar-refractivity contribution >= 4 is 27.2 Å². The van der Waals surface area contributed by atoms with E-state index in [1.807, 2.05) is 0 Å². The van der Waals surface area contributed by atoms with Gasteiger partial charge in [-0.25, -0.2) is 4.98 Å². The molecule has 0 atom stereocenters. The van der Waals surface area contributed by atoms with Crippen LogP contribution in [0.3, 0.4) is 0 Å². The van der Waals surface area contributed by atoms with E-state index in [2.05, 4.69) is 54.4 Å². The van der Waals surface area contributed by atoms with Gasteiger partial charge in [0, 0.05) is 11.3 Å². The Morgan fingerprint density at radius 3 is 2.68 bits per heavy atom. The van der Waals surface area contributed by atoms with Gasteiger partial charge in [0.2, 0.25) is 0 Å². The zero-order valence-corrected chi connectivity index (χ0v) is 11.7. The summed E-state index contributed by atoms with van der Waals surface area (Å²) in [6.07, 6.45) is 1.86. The van der Waals surface area contributed by atoms with Crippen molar-refractivity contribution in [3.63, 3.8) is 0 Å². The van der Waals surface area contributed by atoms with Crippen LogP contribution < -0.4 is 5.73 Å². The smallest absolute Gasteiger partial charge is 0.180 e. The van der Waals surface area contributed by atoms with Gasteiger partial charge in [-0.1, -0.05) is 49.4 Å². The van der Waals surface area contributed by atoms with E-state index in [0.29, 0.717) is 5.13 Å². The fraction of sp³-hybridized carbons (Fsp3) is 0.188. The molecule has 3 aromatic rings. The van der Waals surface area contributed by atoms with Crippen molar-refractivity contribution in [2.24, 2.45) is 0 Å². The summed E-state index contributed by atoms with van der Waals surface area (Å²) in [5.74, 6) is 0. The molecule has 3 rings (SSSR count). The molecule has 0 amide bonds. The maximum Gasteiger partial charge on any atom is 0.180 e. The molecule has 0 bridgehead atoms. The first-order valence-corrected chi connectivity index (χ1v) is 7.29. The lowest BCUT2D eigenvalue weighted by atomic mass is 10.0. The topological polar surface area (TPSA) is 38.9 Å². The first-order valence-electron chi connectivity index (χ1n) is 6.48. The summed E-state index contributed by atoms with van der Waals surface area (Å²) >= 11 is 1.61. The van der Waals surface area contributed by atoms with Gasteiger partial charge in [0.25, 0.3) is 0 Å². The van der Waals surface area contributed by atoms with Crippen LogP contribution in [0.4, 0.5) is 5.13 Å². The molecule has 0 saturated carbocycles. The van der Waals surface area contributed by atoms with Gasteiger partial charge in [-0.2, -0.15) is 0 Å². The van der Waals surface area contributed by atoms with E-state index in [1.165, 1.54) is 21.2 Å². The zero-order valence-electron chi connectivity index (χ0n) is 10.9. The van der Waals surface area contributed by atoms with E-state index >= 15 is 0 Å². The summed E-state index contributed by atoms with van der Waals surface area (Å²) in [6, 6.07) is 15.1. The molecule has 0 radical (unpaired) electrons. The average Bonchev–Trinajstić information content (AvgIpc) is 2.78. The van der Waals surface area contributed by atoms with Gasteiger partial charge in [0.05, 0.1) is 5.69 Å². The van der Waals surface area contributed by atoms with Crippen molar-refractivity contribution in [2.75, 3.05) is 5.73 Å². The Hall–Kier alpha value is -1.87. The first kappa shape index (κ1) is 12.2. The summed E-state index contributed by atoms with van der Waals surface area (Å²) in [4.78, 5) is 5.67. The molecular weight excluding hydrogens is 252 g/mol. The molecule has 0 aliphatic rings. The molecule has 0 aliphatic carbocycles. The molecule has 2 aromatic carbocycles. The normalized spacial score (nSPS) is 11.0. The molecule has 0 unspecified atom stereocenters. The van der Waals surface area contributed by atoms with Crippen LogP contribution in [0.2, 0.25) is 0 Å². The van der Waals surface area contributed by atoms with Crippen LogP contribution in [0.15, 0.2) is 42.5 Å². The lowest BCUT2D eigenvalue weighted by Gasteiger charge is -2.03. The van der Waals surface area contributed by atoms with Crippen LogP contribution in [0.25, 0.3) is 10.8 Å². The lowest BCUT2D eigenvalue weighted by molar-refractivity contribution is 1.02. The number of nitrogens with two attached hydrogens (primary N) is 1. The van der Waals surface area contributed by atoms with E-state index in [9.17, 15) is 0 Å². The Labute approximate surface area is 116 Å². The quantitative estimate of drug-likeness (QED) is 0.779. The van der Waals surface area contributed by atoms with E-state index in [4.69, 9.17) is 5.73 Å². The predicted octanol–water partition coefficient (Wildman–Crippen LogP) is 4.03. The highest BCUT2D eigenvalue weighted by Gasteiger charge is 2.08. The number of hydrogen-bond acceptors (Lipinski definition) is 3. The van der Waals surface area contributed by atoms with Gasteiger partial charge < -0.3 is 5.73 Å². The van der Waals surface area contributed by atoms with Gasteiger partial charge in [0.1, 0.15) is 0 Å². The molecule has 0 saturated heterocycles. The SMILES string of the molecule is CCc1nc(N)sc1Cc1ccc2ccccc2c1. The third kappa shape index (κ3) is 2.47. The molecule has 1 heterocycles. The van der Waals surface area contributed by atoms with Crippen LogP contribution in [0.1, 0.15) is 23.1 Å². The maximum absolute atomic E-state index is 5.81. The molecule has 96 valence electrons. The Kier molecular flexibility index (Phi) is 3.22. The van der Waals surface area contributed by atoms with Gasteiger partial charge in [0.15, 0.2) is 5.13 Å². The number of aryl methyl sites for hydroxylation is 1. The summed E-state index contributed by atoms with van der Waals surface area (Å²) in [5, 5.41) is 3.24. The zero-order chi connectivity index (χ0) is 13.2. The second-order valence-electron chi connectivity index (χ2n) is 4.63. The lowest BCUT2D eigenvalue weighted by Crippen LogP contribution is -1.91. The number of anilines is 1. The summed E-state index contributed by atoms with van der Waals surface area (Å²) in [6.45, 7) is 2.12. The number of fused-ring (bicyclic) bond motifs is 1. The van der Waals surface area contributed by atoms with Gasteiger partial charge in [-0.15, -0.1) is 11.3 Å². The molecule has 0 fully saturated rings. The molecule has 1 aromatic heterocycles. The molecule has 0 aliphatic heterocycles. The van der Waals surface area contributed by atoms with E-state index in [0.717, 1.165) is 18.5 Å². The van der Waals surface area contributed by atoms with Crippen LogP contribution in [-0.2, 0) is 12.8 Å². The van der Waals surface area contributed by atoms with Crippen molar-refractivity contribution in [1.82, 2.24) is 4.98 Å². The van der Waals surface area contributed by atoms with Crippen molar-refractivity contribution in [2.45, 2.75) is 19.8 Å². The van der Waals surface area contributed by atoms with Gasteiger partial charge >= 0.3 is 0 Å². The standard InChI is InChI=1S/C16H16N2S/c1-2-14-15(19-16(17)18-14)10-11-7-8-12-5-3-4-6-13(12)9-11/h3-9H,2,10H2,1H3,(H2,17,18). The second kappa shape index (κ2) is 5.02. The van der Waals surface area contributed by atoms with Crippen LogP contribution >= 0.6 is 11.3 Å². The minimum atomic E-state index is 0.674. The minimum absolute atomic E-state index is 0.674. The van der Waals surface area contributed by atoms with Crippen molar-refractivity contribution in [1.29, 1.82) is 0 Å². The van der Waals surface area contributed by atoms with Gasteiger partial charge in [-0.05, 0) is 22.8 Å². The first-order chi connectivity index (χ1) is 9.26. The number of nitrogens with zero attached hydrogens (tertiary/aromatic N) is 1. The van der Waals surface area contributed by atoms with Crippen LogP contribution in [-0.4, -0.2) is 4.98 Å². The summed E-state index contributed by atoms with van der Waals surface area (Å²) in [7, 11) is 0. The third-order valence-corrected chi connectivity index (χ3v) is 4.24. The molecule has 19 heavy (non-hydrogen) atoms. The summed E-state index contributed by atoms with van der Waals surface area (Å²) < 4.78 is 0. The van der Waals surface area contributed by atoms with Crippen LogP contribution in [0, 0.1) is 0 Å². The highest BCUT2D eigenvalue weighted by Crippen LogP contribution is 2.25. The third-order valence-electron chi connectivity index (χ3n) is 3.31. The van der Waals surface area contributed by atoms with E-state index in [-0.39, 0.29) is 0 Å². The number of hydrogen-bond donors (Lipinski definition) is 1.